The molecule has 384 valence electrons. The van der Waals surface area contributed by atoms with Crippen LogP contribution >= 0.6 is 0 Å². The number of nitrogens with zero attached hydrogens (tertiary/aromatic N) is 4. The predicted molar refractivity (Wildman–Crippen MR) is 267 cm³/mol. The minimum Gasteiger partial charge on any atom is -0.444 e. The minimum absolute atomic E-state index is 0.0859. The number of nitrogens with one attached hydrogen (secondary N) is 4. The molecule has 3 aliphatic rings. The highest BCUT2D eigenvalue weighted by Crippen LogP contribution is 2.31. The van der Waals surface area contributed by atoms with Crippen LogP contribution in [0.3, 0.4) is 0 Å². The molecule has 3 aromatic carbocycles. The van der Waals surface area contributed by atoms with Gasteiger partial charge in [0.05, 0.1) is 23.6 Å². The Morgan fingerprint density at radius 1 is 0.806 bits per heavy atom. The predicted octanol–water partition coefficient (Wildman–Crippen LogP) is 3.95. The quantitative estimate of drug-likeness (QED) is 0.0709. The molecular formula is C53H67N9O10. The number of nitrogens with two attached hydrogens (primary N) is 1. The molecule has 7 rings (SSSR count). The fourth-order valence-electron chi connectivity index (χ4n) is 10.0. The summed E-state index contributed by atoms with van der Waals surface area (Å²) in [5, 5.41) is 10.9. The summed E-state index contributed by atoms with van der Waals surface area (Å²) >= 11 is 0. The second kappa shape index (κ2) is 23.3. The van der Waals surface area contributed by atoms with E-state index in [4.69, 9.17) is 10.5 Å². The zero-order valence-electron chi connectivity index (χ0n) is 41.5. The Hall–Kier alpha value is -7.31. The van der Waals surface area contributed by atoms with Crippen LogP contribution in [0.1, 0.15) is 127 Å². The molecule has 19 nitrogen and oxygen atoms in total. The van der Waals surface area contributed by atoms with Crippen molar-refractivity contribution in [2.45, 2.75) is 146 Å². The van der Waals surface area contributed by atoms with Crippen molar-refractivity contribution in [2.75, 3.05) is 13.1 Å². The standard InChI is InChI=1S/C53H67N9O10/c1-53(2,3)72-51(70)56-38-32-60(45(65)20-14-6-5-9-15-33-21-24-39-42(31-33)59(4)52(71)62(39)41-26-28-44(64)57-49(41)68)30-29-36-22-25-40(61(36)50(38)69)48(67)55-37(23-27-43(54)63)47(66)58-46(34-16-10-7-11-17-34)35-18-12-8-13-19-35/h7-8,10-13,16-19,21,24,31,36-38,40-41,46H,5-6,9,14-15,20,22-23,25-30,32H2,1-4H3,(H2,54,63)(H,55,67)(H,56,70)(H,58,66)(H,57,64,68)/t36-,37-,38+,40+,41?/m1/s1. The third kappa shape index (κ3) is 13.0. The maximum Gasteiger partial charge on any atom is 0.408 e. The molecule has 4 heterocycles. The third-order valence-electron chi connectivity index (χ3n) is 13.7. The number of imidazole rings is 1. The zero-order chi connectivity index (χ0) is 51.7. The summed E-state index contributed by atoms with van der Waals surface area (Å²) in [6.07, 6.45) is 4.33. The highest BCUT2D eigenvalue weighted by atomic mass is 16.6. The minimum atomic E-state index is -1.25. The fourth-order valence-corrected chi connectivity index (χ4v) is 10.0. The number of carbonyl (C=O) groups excluding carboxylic acids is 8. The van der Waals surface area contributed by atoms with Crippen molar-refractivity contribution in [2.24, 2.45) is 12.8 Å². The van der Waals surface area contributed by atoms with Crippen molar-refractivity contribution in [1.29, 1.82) is 0 Å². The lowest BCUT2D eigenvalue weighted by molar-refractivity contribution is -0.146. The van der Waals surface area contributed by atoms with Crippen LogP contribution < -0.4 is 32.7 Å². The molecule has 0 aliphatic carbocycles. The van der Waals surface area contributed by atoms with Crippen LogP contribution in [0.4, 0.5) is 4.79 Å². The van der Waals surface area contributed by atoms with Crippen LogP contribution in [-0.4, -0.2) is 109 Å². The molecule has 72 heavy (non-hydrogen) atoms. The maximum absolute atomic E-state index is 14.7. The number of alkyl carbamates (subject to hydrolysis) is 1. The van der Waals surface area contributed by atoms with Crippen LogP contribution in [0.5, 0.6) is 0 Å². The van der Waals surface area contributed by atoms with Crippen LogP contribution in [0.2, 0.25) is 0 Å². The van der Waals surface area contributed by atoms with E-state index in [9.17, 15) is 43.2 Å². The van der Waals surface area contributed by atoms with Crippen LogP contribution in [0, 0.1) is 0 Å². The van der Waals surface area contributed by atoms with Crippen molar-refractivity contribution in [3.05, 3.63) is 106 Å². The summed E-state index contributed by atoms with van der Waals surface area (Å²) in [4.78, 5) is 123. The molecule has 0 bridgehead atoms. The number of imide groups is 1. The largest absolute Gasteiger partial charge is 0.444 e. The highest BCUT2D eigenvalue weighted by Gasteiger charge is 2.46. The molecule has 3 saturated heterocycles. The molecule has 3 fully saturated rings. The summed E-state index contributed by atoms with van der Waals surface area (Å²) in [6, 6.07) is 19.2. The first-order valence-corrected chi connectivity index (χ1v) is 25.0. The second-order valence-electron chi connectivity index (χ2n) is 20.1. The lowest BCUT2D eigenvalue weighted by Gasteiger charge is -2.39. The van der Waals surface area contributed by atoms with Gasteiger partial charge in [-0.15, -0.1) is 0 Å². The van der Waals surface area contributed by atoms with E-state index in [1.165, 1.54) is 14.0 Å². The Morgan fingerprint density at radius 2 is 1.49 bits per heavy atom. The number of aromatic nitrogens is 2. The molecule has 19 heteroatoms. The van der Waals surface area contributed by atoms with Gasteiger partial charge in [-0.1, -0.05) is 79.6 Å². The molecule has 6 N–H and O–H groups in total. The average molecular weight is 990 g/mol. The highest BCUT2D eigenvalue weighted by molar-refractivity contribution is 6.00. The monoisotopic (exact) mass is 990 g/mol. The van der Waals surface area contributed by atoms with Gasteiger partial charge in [-0.2, -0.15) is 0 Å². The van der Waals surface area contributed by atoms with Gasteiger partial charge in [-0.3, -0.25) is 48.0 Å². The van der Waals surface area contributed by atoms with E-state index in [1.54, 1.807) is 32.7 Å². The first-order chi connectivity index (χ1) is 34.4. The Kier molecular flexibility index (Phi) is 17.0. The summed E-state index contributed by atoms with van der Waals surface area (Å²) in [7, 11) is 1.66. The lowest BCUT2D eigenvalue weighted by Crippen LogP contribution is -2.62. The molecule has 4 aromatic rings. The summed E-state index contributed by atoms with van der Waals surface area (Å²) in [5.41, 5.74) is 8.25. The molecule has 0 saturated carbocycles. The van der Waals surface area contributed by atoms with Gasteiger partial charge in [-0.05, 0) is 101 Å². The van der Waals surface area contributed by atoms with E-state index in [0.29, 0.717) is 30.3 Å². The molecule has 1 unspecified atom stereocenters. The van der Waals surface area contributed by atoms with Gasteiger partial charge in [0.2, 0.25) is 41.4 Å². The number of unbranched alkanes of at least 4 members (excludes halogenated alkanes) is 3. The van der Waals surface area contributed by atoms with Gasteiger partial charge >= 0.3 is 11.8 Å². The molecule has 3 aliphatic heterocycles. The van der Waals surface area contributed by atoms with E-state index >= 15 is 0 Å². The number of piperidine rings is 1. The average Bonchev–Trinajstić information content (AvgIpc) is 3.87. The van der Waals surface area contributed by atoms with Gasteiger partial charge in [0.25, 0.3) is 0 Å². The van der Waals surface area contributed by atoms with Crippen molar-refractivity contribution in [3.63, 3.8) is 0 Å². The fraction of sp³-hybridized carbons (Fsp3) is 0.491. The molecule has 1 aromatic heterocycles. The summed E-state index contributed by atoms with van der Waals surface area (Å²) in [6.45, 7) is 5.20. The van der Waals surface area contributed by atoms with Gasteiger partial charge in [-0.25, -0.2) is 9.59 Å². The maximum atomic E-state index is 14.7. The van der Waals surface area contributed by atoms with Gasteiger partial charge in [0, 0.05) is 38.9 Å². The van der Waals surface area contributed by atoms with E-state index in [-0.39, 0.29) is 69.1 Å². The number of ether oxygens (including phenoxy) is 1. The van der Waals surface area contributed by atoms with Gasteiger partial charge < -0.3 is 36.2 Å². The number of carbonyl (C=O) groups is 8. The number of primary amides is 1. The number of benzene rings is 3. The third-order valence-corrected chi connectivity index (χ3v) is 13.7. The number of rotatable bonds is 18. The van der Waals surface area contributed by atoms with Crippen LogP contribution in [-0.2, 0) is 51.8 Å². The van der Waals surface area contributed by atoms with Gasteiger partial charge in [0.1, 0.15) is 29.8 Å². The Bertz CT molecular complexity index is 2670. The number of fused-ring (bicyclic) bond motifs is 2. The number of hydrogen-bond acceptors (Lipinski definition) is 10. The zero-order valence-corrected chi connectivity index (χ0v) is 41.5. The molecule has 8 amide bonds. The Morgan fingerprint density at radius 3 is 2.14 bits per heavy atom. The van der Waals surface area contributed by atoms with Crippen molar-refractivity contribution >= 4 is 58.5 Å². The normalized spacial score (nSPS) is 19.8. The van der Waals surface area contributed by atoms with E-state index in [0.717, 1.165) is 42.4 Å². The second-order valence-corrected chi connectivity index (χ2v) is 20.1. The summed E-state index contributed by atoms with van der Waals surface area (Å²) < 4.78 is 8.51. The van der Waals surface area contributed by atoms with Crippen LogP contribution in [0.25, 0.3) is 11.0 Å². The topological polar surface area (TPSA) is 253 Å². The first kappa shape index (κ1) is 52.5. The smallest absolute Gasteiger partial charge is 0.408 e. The summed E-state index contributed by atoms with van der Waals surface area (Å²) in [5.74, 6) is -3.34. The Balaban J connectivity index is 0.975. The Labute approximate surface area is 418 Å². The molecule has 5 atom stereocenters. The van der Waals surface area contributed by atoms with Crippen LogP contribution in [0.15, 0.2) is 83.7 Å². The number of amides is 8. The van der Waals surface area contributed by atoms with E-state index in [2.05, 4.69) is 21.3 Å². The SMILES string of the molecule is Cn1c(=O)n(C2CCC(=O)NC2=O)c2ccc(CCCCCCC(=O)N3CC[C@H]4CC[C@@H](C(=O)N[C@H](CCC(N)=O)C(=O)NC(c5ccccc5)c5ccccc5)N4C(=O)[C@@H](NC(=O)OC(C)(C)C)C3)cc21. The molecule has 0 radical (unpaired) electrons. The number of aryl methyl sites for hydroxylation is 2. The van der Waals surface area contributed by atoms with Crippen molar-refractivity contribution < 1.29 is 43.1 Å². The van der Waals surface area contributed by atoms with Crippen molar-refractivity contribution in [3.8, 4) is 0 Å². The number of hydrogen-bond donors (Lipinski definition) is 5. The first-order valence-electron chi connectivity index (χ1n) is 25.0. The molecule has 0 spiro atoms. The molecular weight excluding hydrogens is 923 g/mol. The lowest BCUT2D eigenvalue weighted by atomic mass is 9.98. The van der Waals surface area contributed by atoms with E-state index in [1.807, 2.05) is 78.9 Å². The van der Waals surface area contributed by atoms with E-state index < -0.39 is 77.5 Å². The van der Waals surface area contributed by atoms with Crippen molar-refractivity contribution in [1.82, 2.24) is 40.2 Å². The van der Waals surface area contributed by atoms with Gasteiger partial charge in [0.15, 0.2) is 0 Å².